The number of aromatic nitrogens is 2. The summed E-state index contributed by atoms with van der Waals surface area (Å²) in [6.45, 7) is 3.33. The van der Waals surface area contributed by atoms with Gasteiger partial charge in [-0.2, -0.15) is 4.98 Å². The maximum atomic E-state index is 13.7. The van der Waals surface area contributed by atoms with E-state index in [1.165, 1.54) is 12.1 Å². The highest BCUT2D eigenvalue weighted by Gasteiger charge is 2.33. The van der Waals surface area contributed by atoms with E-state index in [1.807, 2.05) is 42.2 Å². The van der Waals surface area contributed by atoms with Gasteiger partial charge in [-0.25, -0.2) is 4.39 Å². The first-order chi connectivity index (χ1) is 15.1. The highest BCUT2D eigenvalue weighted by molar-refractivity contribution is 7.80. The Kier molecular flexibility index (Phi) is 6.39. The fourth-order valence-corrected chi connectivity index (χ4v) is 4.01. The van der Waals surface area contributed by atoms with Crippen molar-refractivity contribution in [2.45, 2.75) is 19.4 Å². The molecule has 0 fully saturated rings. The average Bonchev–Trinajstić information content (AvgIpc) is 3.26. The van der Waals surface area contributed by atoms with Crippen LogP contribution in [0.1, 0.15) is 30.8 Å². The molecule has 0 aliphatic carbocycles. The van der Waals surface area contributed by atoms with Gasteiger partial charge in [0.2, 0.25) is 5.82 Å². The molecule has 1 aliphatic heterocycles. The number of ether oxygens (including phenoxy) is 1. The van der Waals surface area contributed by atoms with Crippen LogP contribution in [-0.2, 0) is 4.74 Å². The Morgan fingerprint density at radius 1 is 1.19 bits per heavy atom. The van der Waals surface area contributed by atoms with Crippen LogP contribution in [0.15, 0.2) is 64.8 Å². The van der Waals surface area contributed by atoms with E-state index < -0.39 is 0 Å². The molecule has 0 amide bonds. The molecule has 3 aromatic rings. The lowest BCUT2D eigenvalue weighted by molar-refractivity contribution is 0.188. The van der Waals surface area contributed by atoms with Crippen molar-refractivity contribution < 1.29 is 13.7 Å². The molecule has 160 valence electrons. The lowest BCUT2D eigenvalue weighted by atomic mass is 9.95. The Bertz CT molecular complexity index is 1100. The van der Waals surface area contributed by atoms with Gasteiger partial charge in [-0.1, -0.05) is 47.6 Å². The molecule has 0 spiro atoms. The third-order valence-electron chi connectivity index (χ3n) is 5.20. The van der Waals surface area contributed by atoms with E-state index in [0.29, 0.717) is 35.5 Å². The van der Waals surface area contributed by atoms with Gasteiger partial charge in [0.05, 0.1) is 11.6 Å². The molecule has 0 saturated carbocycles. The summed E-state index contributed by atoms with van der Waals surface area (Å²) in [5.41, 5.74) is 3.36. The Balaban J connectivity index is 1.76. The molecule has 8 heteroatoms. The van der Waals surface area contributed by atoms with E-state index in [2.05, 4.69) is 15.5 Å². The zero-order valence-electron chi connectivity index (χ0n) is 17.3. The maximum Gasteiger partial charge on any atom is 0.258 e. The molecule has 0 radical (unpaired) electrons. The van der Waals surface area contributed by atoms with Gasteiger partial charge < -0.3 is 19.5 Å². The van der Waals surface area contributed by atoms with Crippen LogP contribution < -0.4 is 5.32 Å². The number of nitrogens with zero attached hydrogens (tertiary/aromatic N) is 3. The van der Waals surface area contributed by atoms with Crippen molar-refractivity contribution in [2.24, 2.45) is 0 Å². The second-order valence-electron chi connectivity index (χ2n) is 7.22. The molecular formula is C23H23FN4O2S. The zero-order valence-corrected chi connectivity index (χ0v) is 18.2. The largest absolute Gasteiger partial charge is 0.385 e. The minimum atomic E-state index is -0.351. The molecular weight excluding hydrogens is 415 g/mol. The second kappa shape index (κ2) is 9.36. The smallest absolute Gasteiger partial charge is 0.258 e. The third kappa shape index (κ3) is 4.50. The van der Waals surface area contributed by atoms with Crippen molar-refractivity contribution in [3.63, 3.8) is 0 Å². The van der Waals surface area contributed by atoms with Crippen LogP contribution in [0.2, 0.25) is 0 Å². The third-order valence-corrected chi connectivity index (χ3v) is 5.54. The summed E-state index contributed by atoms with van der Waals surface area (Å²) in [4.78, 5) is 6.61. The molecule has 2 aromatic carbocycles. The van der Waals surface area contributed by atoms with Crippen LogP contribution in [0.3, 0.4) is 0 Å². The van der Waals surface area contributed by atoms with Crippen molar-refractivity contribution in [1.29, 1.82) is 0 Å². The van der Waals surface area contributed by atoms with Crippen LogP contribution in [0.4, 0.5) is 4.39 Å². The maximum absolute atomic E-state index is 13.7. The monoisotopic (exact) mass is 438 g/mol. The molecule has 31 heavy (non-hydrogen) atoms. The summed E-state index contributed by atoms with van der Waals surface area (Å²) in [6, 6.07) is 15.9. The number of methoxy groups -OCH3 is 1. The van der Waals surface area contributed by atoms with Gasteiger partial charge in [-0.05, 0) is 43.3 Å². The Morgan fingerprint density at radius 2 is 2.00 bits per heavy atom. The molecule has 1 aliphatic rings. The minimum Gasteiger partial charge on any atom is -0.385 e. The summed E-state index contributed by atoms with van der Waals surface area (Å²) in [5, 5.41) is 8.15. The number of thiocarbonyl (C=S) groups is 1. The summed E-state index contributed by atoms with van der Waals surface area (Å²) >= 11 is 5.66. The second-order valence-corrected chi connectivity index (χ2v) is 7.61. The van der Waals surface area contributed by atoms with Gasteiger partial charge >= 0.3 is 0 Å². The molecule has 4 rings (SSSR count). The highest BCUT2D eigenvalue weighted by Crippen LogP contribution is 2.37. The molecule has 6 nitrogen and oxygen atoms in total. The normalized spacial score (nSPS) is 16.5. The Labute approximate surface area is 185 Å². The van der Waals surface area contributed by atoms with E-state index in [1.54, 1.807) is 19.2 Å². The van der Waals surface area contributed by atoms with Crippen molar-refractivity contribution in [1.82, 2.24) is 20.4 Å². The quantitative estimate of drug-likeness (QED) is 0.428. The number of halogens is 1. The first-order valence-corrected chi connectivity index (χ1v) is 10.4. The molecule has 1 atom stereocenters. The van der Waals surface area contributed by atoms with E-state index in [9.17, 15) is 4.39 Å². The molecule has 0 saturated heterocycles. The van der Waals surface area contributed by atoms with E-state index in [0.717, 1.165) is 23.3 Å². The van der Waals surface area contributed by atoms with E-state index >= 15 is 0 Å². The first kappa shape index (κ1) is 21.1. The van der Waals surface area contributed by atoms with Gasteiger partial charge in [-0.15, -0.1) is 0 Å². The Morgan fingerprint density at radius 3 is 2.74 bits per heavy atom. The van der Waals surface area contributed by atoms with Crippen molar-refractivity contribution >= 4 is 22.9 Å². The fourth-order valence-electron chi connectivity index (χ4n) is 3.67. The first-order valence-electron chi connectivity index (χ1n) is 10.0. The van der Waals surface area contributed by atoms with Crippen LogP contribution >= 0.6 is 12.2 Å². The van der Waals surface area contributed by atoms with Crippen LogP contribution in [0, 0.1) is 5.82 Å². The molecule has 2 heterocycles. The molecule has 0 bridgehead atoms. The SMILES string of the molecule is COCCCN1C(=S)NC(c2ccccc2)C(c2nc(-c3cccc(F)c3)no2)=C1C. The van der Waals surface area contributed by atoms with Crippen LogP contribution in [0.5, 0.6) is 0 Å². The van der Waals surface area contributed by atoms with Crippen LogP contribution in [0.25, 0.3) is 17.0 Å². The zero-order chi connectivity index (χ0) is 21.8. The fraction of sp³-hybridized carbons (Fsp3) is 0.261. The molecule has 1 unspecified atom stereocenters. The molecule has 1 N–H and O–H groups in total. The van der Waals surface area contributed by atoms with Gasteiger partial charge in [0.25, 0.3) is 5.89 Å². The standard InChI is InChI=1S/C23H23FN4O2S/c1-15-19(22-26-21(27-30-22)17-10-6-11-18(24)14-17)20(16-8-4-3-5-9-16)25-23(31)28(15)12-7-13-29-2/h3-6,8-11,14,20H,7,12-13H2,1-2H3,(H,25,31). The van der Waals surface area contributed by atoms with Gasteiger partial charge in [-0.3, -0.25) is 0 Å². The summed E-state index contributed by atoms with van der Waals surface area (Å²) in [6.07, 6.45) is 0.817. The lowest BCUT2D eigenvalue weighted by Crippen LogP contribution is -2.46. The van der Waals surface area contributed by atoms with Crippen LogP contribution in [-0.4, -0.2) is 40.4 Å². The van der Waals surface area contributed by atoms with E-state index in [4.69, 9.17) is 21.5 Å². The van der Waals surface area contributed by atoms with E-state index in [-0.39, 0.29) is 11.9 Å². The highest BCUT2D eigenvalue weighted by atomic mass is 32.1. The summed E-state index contributed by atoms with van der Waals surface area (Å²) < 4.78 is 24.5. The van der Waals surface area contributed by atoms with Gasteiger partial charge in [0.15, 0.2) is 5.11 Å². The van der Waals surface area contributed by atoms with Crippen molar-refractivity contribution in [3.05, 3.63) is 77.6 Å². The average molecular weight is 439 g/mol. The number of hydrogen-bond donors (Lipinski definition) is 1. The number of nitrogens with one attached hydrogen (secondary N) is 1. The summed E-state index contributed by atoms with van der Waals surface area (Å²) in [5.74, 6) is 0.355. The lowest BCUT2D eigenvalue weighted by Gasteiger charge is -2.37. The van der Waals surface area contributed by atoms with Crippen molar-refractivity contribution in [2.75, 3.05) is 20.3 Å². The van der Waals surface area contributed by atoms with Gasteiger partial charge in [0, 0.05) is 31.5 Å². The Hall–Kier alpha value is -3.10. The van der Waals surface area contributed by atoms with Crippen molar-refractivity contribution in [3.8, 4) is 11.4 Å². The number of rotatable bonds is 7. The summed E-state index contributed by atoms with van der Waals surface area (Å²) in [7, 11) is 1.68. The number of allylic oxidation sites excluding steroid dienone is 1. The topological polar surface area (TPSA) is 63.4 Å². The minimum absolute atomic E-state index is 0.242. The predicted molar refractivity (Wildman–Crippen MR) is 120 cm³/mol. The number of benzene rings is 2. The number of hydrogen-bond acceptors (Lipinski definition) is 5. The predicted octanol–water partition coefficient (Wildman–Crippen LogP) is 4.57. The van der Waals surface area contributed by atoms with Gasteiger partial charge in [0.1, 0.15) is 5.82 Å². The molecule has 1 aromatic heterocycles.